The smallest absolute Gasteiger partial charge is 0.140 e. The molecular formula is C11H17N3S2. The Hall–Kier alpha value is -0.420. The zero-order valence-electron chi connectivity index (χ0n) is 9.91. The van der Waals surface area contributed by atoms with Gasteiger partial charge < -0.3 is 5.32 Å². The maximum Gasteiger partial charge on any atom is 0.140 e. The average molecular weight is 255 g/mol. The van der Waals surface area contributed by atoms with Gasteiger partial charge in [-0.2, -0.15) is 23.5 Å². The summed E-state index contributed by atoms with van der Waals surface area (Å²) in [6.07, 6.45) is 0. The second kappa shape index (κ2) is 5.27. The van der Waals surface area contributed by atoms with Gasteiger partial charge in [0, 0.05) is 24.1 Å². The van der Waals surface area contributed by atoms with Crippen molar-refractivity contribution >= 4 is 29.3 Å². The first kappa shape index (κ1) is 12.0. The van der Waals surface area contributed by atoms with E-state index in [9.17, 15) is 0 Å². The number of hydrogen-bond donors (Lipinski definition) is 1. The summed E-state index contributed by atoms with van der Waals surface area (Å²) in [6, 6.07) is 0. The van der Waals surface area contributed by atoms with Crippen LogP contribution in [0.1, 0.15) is 30.9 Å². The minimum absolute atomic E-state index is 0.629. The van der Waals surface area contributed by atoms with Gasteiger partial charge in [0.2, 0.25) is 0 Å². The lowest BCUT2D eigenvalue weighted by Gasteiger charge is -2.09. The summed E-state index contributed by atoms with van der Waals surface area (Å²) in [4.78, 5) is 9.22. The van der Waals surface area contributed by atoms with Crippen LogP contribution < -0.4 is 5.32 Å². The lowest BCUT2D eigenvalue weighted by molar-refractivity contribution is 0.970. The van der Waals surface area contributed by atoms with Crippen molar-refractivity contribution in [3.63, 3.8) is 0 Å². The molecule has 2 rings (SSSR count). The predicted octanol–water partition coefficient (Wildman–Crippen LogP) is 2.91. The monoisotopic (exact) mass is 255 g/mol. The van der Waals surface area contributed by atoms with E-state index in [4.69, 9.17) is 0 Å². The molecule has 0 saturated carbocycles. The molecule has 1 aliphatic rings. The number of nitrogens with zero attached hydrogens (tertiary/aromatic N) is 2. The molecule has 0 spiro atoms. The SMILES string of the molecule is CNc1nc(CSC(C)C)nc2c1CSC2. The van der Waals surface area contributed by atoms with E-state index in [0.717, 1.165) is 28.9 Å². The van der Waals surface area contributed by atoms with E-state index in [2.05, 4.69) is 29.1 Å². The van der Waals surface area contributed by atoms with Crippen molar-refractivity contribution in [2.24, 2.45) is 0 Å². The van der Waals surface area contributed by atoms with Crippen LogP contribution in [-0.4, -0.2) is 22.3 Å². The van der Waals surface area contributed by atoms with Crippen molar-refractivity contribution in [1.29, 1.82) is 0 Å². The molecule has 0 unspecified atom stereocenters. The summed E-state index contributed by atoms with van der Waals surface area (Å²) in [5, 5.41) is 3.81. The van der Waals surface area contributed by atoms with Crippen LogP contribution in [-0.2, 0) is 17.3 Å². The molecular weight excluding hydrogens is 238 g/mol. The molecule has 0 amide bonds. The van der Waals surface area contributed by atoms with Crippen molar-refractivity contribution in [1.82, 2.24) is 9.97 Å². The highest BCUT2D eigenvalue weighted by molar-refractivity contribution is 7.99. The average Bonchev–Trinajstić information content (AvgIpc) is 2.73. The van der Waals surface area contributed by atoms with Gasteiger partial charge in [-0.3, -0.25) is 0 Å². The van der Waals surface area contributed by atoms with Crippen LogP contribution in [0.2, 0.25) is 0 Å². The third-order valence-electron chi connectivity index (χ3n) is 2.41. The summed E-state index contributed by atoms with van der Waals surface area (Å²) < 4.78 is 0. The zero-order valence-corrected chi connectivity index (χ0v) is 11.5. The summed E-state index contributed by atoms with van der Waals surface area (Å²) in [6.45, 7) is 4.40. The zero-order chi connectivity index (χ0) is 11.5. The summed E-state index contributed by atoms with van der Waals surface area (Å²) in [7, 11) is 1.94. The Balaban J connectivity index is 2.20. The van der Waals surface area contributed by atoms with Crippen LogP contribution >= 0.6 is 23.5 Å². The van der Waals surface area contributed by atoms with Crippen molar-refractivity contribution < 1.29 is 0 Å². The fraction of sp³-hybridized carbons (Fsp3) is 0.636. The third kappa shape index (κ3) is 2.63. The molecule has 1 N–H and O–H groups in total. The van der Waals surface area contributed by atoms with Crippen molar-refractivity contribution in [3.05, 3.63) is 17.1 Å². The lowest BCUT2D eigenvalue weighted by Crippen LogP contribution is -2.05. The second-order valence-corrected chi connectivity index (χ2v) is 6.57. The van der Waals surface area contributed by atoms with E-state index in [1.54, 1.807) is 0 Å². The van der Waals surface area contributed by atoms with E-state index >= 15 is 0 Å². The molecule has 1 aromatic rings. The number of anilines is 1. The van der Waals surface area contributed by atoms with E-state index < -0.39 is 0 Å². The third-order valence-corrected chi connectivity index (χ3v) is 4.47. The van der Waals surface area contributed by atoms with Gasteiger partial charge in [0.15, 0.2) is 0 Å². The number of fused-ring (bicyclic) bond motifs is 1. The highest BCUT2D eigenvalue weighted by Crippen LogP contribution is 2.33. The Bertz CT molecular complexity index is 380. The van der Waals surface area contributed by atoms with Gasteiger partial charge in [0.05, 0.1) is 11.4 Å². The Kier molecular flexibility index (Phi) is 3.97. The molecule has 0 fully saturated rings. The quantitative estimate of drug-likeness (QED) is 0.895. The molecule has 1 aliphatic heterocycles. The van der Waals surface area contributed by atoms with Crippen molar-refractivity contribution in [2.45, 2.75) is 36.4 Å². The van der Waals surface area contributed by atoms with Crippen LogP contribution in [0.15, 0.2) is 0 Å². The van der Waals surface area contributed by atoms with Crippen LogP contribution in [0.4, 0.5) is 5.82 Å². The van der Waals surface area contributed by atoms with Gasteiger partial charge in [-0.1, -0.05) is 13.8 Å². The Labute approximate surface area is 105 Å². The largest absolute Gasteiger partial charge is 0.373 e. The van der Waals surface area contributed by atoms with Crippen molar-refractivity contribution in [2.75, 3.05) is 12.4 Å². The number of nitrogens with one attached hydrogen (secondary N) is 1. The number of aromatic nitrogens is 2. The van der Waals surface area contributed by atoms with E-state index in [-0.39, 0.29) is 0 Å². The molecule has 5 heteroatoms. The van der Waals surface area contributed by atoms with Crippen LogP contribution in [0, 0.1) is 0 Å². The molecule has 16 heavy (non-hydrogen) atoms. The molecule has 0 aromatic carbocycles. The van der Waals surface area contributed by atoms with Gasteiger partial charge in [-0.05, 0) is 5.25 Å². The molecule has 0 atom stereocenters. The maximum atomic E-state index is 4.64. The molecule has 0 saturated heterocycles. The lowest BCUT2D eigenvalue weighted by atomic mass is 10.2. The normalized spacial score (nSPS) is 14.2. The number of thioether (sulfide) groups is 2. The Morgan fingerprint density at radius 1 is 1.38 bits per heavy atom. The highest BCUT2D eigenvalue weighted by atomic mass is 32.2. The minimum atomic E-state index is 0.629. The first-order chi connectivity index (χ1) is 7.70. The van der Waals surface area contributed by atoms with Crippen LogP contribution in [0.25, 0.3) is 0 Å². The first-order valence-corrected chi connectivity index (χ1v) is 7.66. The second-order valence-electron chi connectivity index (χ2n) is 4.02. The van der Waals surface area contributed by atoms with Gasteiger partial charge in [0.25, 0.3) is 0 Å². The fourth-order valence-corrected chi connectivity index (χ4v) is 3.27. The van der Waals surface area contributed by atoms with E-state index in [1.807, 2.05) is 30.6 Å². The van der Waals surface area contributed by atoms with E-state index in [0.29, 0.717) is 5.25 Å². The van der Waals surface area contributed by atoms with Gasteiger partial charge in [0.1, 0.15) is 11.6 Å². The predicted molar refractivity (Wildman–Crippen MR) is 73.0 cm³/mol. The molecule has 88 valence electrons. The van der Waals surface area contributed by atoms with E-state index in [1.165, 1.54) is 11.3 Å². The standard InChI is InChI=1S/C11H17N3S2/c1-7(2)16-6-10-13-9-5-15-4-8(9)11(12-3)14-10/h7H,4-6H2,1-3H3,(H,12,13,14). The highest BCUT2D eigenvalue weighted by Gasteiger charge is 2.18. The van der Waals surface area contributed by atoms with Crippen LogP contribution in [0.3, 0.4) is 0 Å². The first-order valence-electron chi connectivity index (χ1n) is 5.46. The van der Waals surface area contributed by atoms with Gasteiger partial charge >= 0.3 is 0 Å². The minimum Gasteiger partial charge on any atom is -0.373 e. The number of hydrogen-bond acceptors (Lipinski definition) is 5. The Morgan fingerprint density at radius 3 is 2.88 bits per heavy atom. The van der Waals surface area contributed by atoms with Crippen molar-refractivity contribution in [3.8, 4) is 0 Å². The molecule has 0 bridgehead atoms. The Morgan fingerprint density at radius 2 is 2.19 bits per heavy atom. The number of rotatable bonds is 4. The fourth-order valence-electron chi connectivity index (χ4n) is 1.61. The molecule has 0 radical (unpaired) electrons. The summed E-state index contributed by atoms with van der Waals surface area (Å²) in [5.41, 5.74) is 2.52. The molecule has 0 aliphatic carbocycles. The summed E-state index contributed by atoms with van der Waals surface area (Å²) in [5.74, 6) is 4.97. The molecule has 1 aromatic heterocycles. The molecule has 2 heterocycles. The summed E-state index contributed by atoms with van der Waals surface area (Å²) >= 11 is 3.81. The van der Waals surface area contributed by atoms with Gasteiger partial charge in [-0.25, -0.2) is 9.97 Å². The topological polar surface area (TPSA) is 37.8 Å². The van der Waals surface area contributed by atoms with Gasteiger partial charge in [-0.15, -0.1) is 0 Å². The van der Waals surface area contributed by atoms with Crippen LogP contribution in [0.5, 0.6) is 0 Å². The molecule has 3 nitrogen and oxygen atoms in total. The maximum absolute atomic E-state index is 4.64.